The maximum atomic E-state index is 2.33. The van der Waals surface area contributed by atoms with E-state index in [1.54, 1.807) is 0 Å². The molecular formula is C26H20. The molecule has 0 heteroatoms. The van der Waals surface area contributed by atoms with Crippen LogP contribution in [0.25, 0.3) is 43.4 Å². The molecule has 0 aliphatic heterocycles. The van der Waals surface area contributed by atoms with Crippen LogP contribution in [0, 0.1) is 13.8 Å². The van der Waals surface area contributed by atoms with Crippen molar-refractivity contribution >= 4 is 32.3 Å². The van der Waals surface area contributed by atoms with Crippen LogP contribution in [0.2, 0.25) is 0 Å². The number of rotatable bonds is 1. The molecule has 0 spiro atoms. The average molecular weight is 332 g/mol. The van der Waals surface area contributed by atoms with E-state index >= 15 is 0 Å². The number of hydrogen-bond donors (Lipinski definition) is 0. The second-order valence-electron chi connectivity index (χ2n) is 7.24. The first-order valence-electron chi connectivity index (χ1n) is 9.12. The zero-order chi connectivity index (χ0) is 17.7. The third kappa shape index (κ3) is 2.38. The van der Waals surface area contributed by atoms with Gasteiger partial charge in [0, 0.05) is 0 Å². The summed E-state index contributed by atoms with van der Waals surface area (Å²) in [4.78, 5) is 0. The third-order valence-corrected chi connectivity index (χ3v) is 5.40. The number of fused-ring (bicyclic) bond motifs is 3. The summed E-state index contributed by atoms with van der Waals surface area (Å²) in [6, 6.07) is 31.3. The molecule has 0 N–H and O–H groups in total. The lowest BCUT2D eigenvalue weighted by molar-refractivity contribution is 1.51. The van der Waals surface area contributed by atoms with Crippen molar-refractivity contribution < 1.29 is 0 Å². The van der Waals surface area contributed by atoms with Gasteiger partial charge in [0.2, 0.25) is 0 Å². The average Bonchev–Trinajstić information content (AvgIpc) is 2.66. The number of benzene rings is 5. The van der Waals surface area contributed by atoms with Gasteiger partial charge in [-0.3, -0.25) is 0 Å². The van der Waals surface area contributed by atoms with Crippen molar-refractivity contribution in [3.05, 3.63) is 96.1 Å². The van der Waals surface area contributed by atoms with Crippen molar-refractivity contribution in [3.63, 3.8) is 0 Å². The van der Waals surface area contributed by atoms with Crippen LogP contribution in [0.3, 0.4) is 0 Å². The first kappa shape index (κ1) is 15.2. The van der Waals surface area contributed by atoms with Crippen LogP contribution < -0.4 is 0 Å². The molecule has 0 aliphatic rings. The Balaban J connectivity index is 1.77. The molecule has 0 fully saturated rings. The molecule has 0 amide bonds. The van der Waals surface area contributed by atoms with Gasteiger partial charge in [-0.15, -0.1) is 0 Å². The van der Waals surface area contributed by atoms with Crippen molar-refractivity contribution in [2.45, 2.75) is 13.8 Å². The van der Waals surface area contributed by atoms with E-state index in [1.807, 2.05) is 0 Å². The summed E-state index contributed by atoms with van der Waals surface area (Å²) in [5, 5.41) is 7.86. The van der Waals surface area contributed by atoms with Crippen LogP contribution in [-0.4, -0.2) is 0 Å². The first-order valence-corrected chi connectivity index (χ1v) is 9.12. The van der Waals surface area contributed by atoms with Gasteiger partial charge in [0.05, 0.1) is 0 Å². The van der Waals surface area contributed by atoms with Crippen LogP contribution in [0.5, 0.6) is 0 Å². The minimum atomic E-state index is 1.28. The van der Waals surface area contributed by atoms with E-state index in [0.29, 0.717) is 0 Å². The fraction of sp³-hybridized carbons (Fsp3) is 0.0769. The summed E-state index contributed by atoms with van der Waals surface area (Å²) in [7, 11) is 0. The largest absolute Gasteiger partial charge is 0.0616 e. The molecule has 0 aromatic heterocycles. The molecule has 5 aromatic rings. The number of hydrogen-bond acceptors (Lipinski definition) is 0. The highest BCUT2D eigenvalue weighted by Gasteiger charge is 2.07. The van der Waals surface area contributed by atoms with Gasteiger partial charge in [0.25, 0.3) is 0 Å². The van der Waals surface area contributed by atoms with Gasteiger partial charge in [0.1, 0.15) is 0 Å². The summed E-state index contributed by atoms with van der Waals surface area (Å²) in [5.74, 6) is 0. The van der Waals surface area contributed by atoms with Gasteiger partial charge in [0.15, 0.2) is 0 Å². The fourth-order valence-corrected chi connectivity index (χ4v) is 3.99. The fourth-order valence-electron chi connectivity index (χ4n) is 3.99. The van der Waals surface area contributed by atoms with Gasteiger partial charge in [-0.05, 0) is 81.1 Å². The SMILES string of the molecule is Cc1ccc2cc3cc(-c4ccc(C)c5ccccc45)ccc3cc2c1. The summed E-state index contributed by atoms with van der Waals surface area (Å²) in [6.45, 7) is 4.33. The molecule has 5 rings (SSSR count). The predicted molar refractivity (Wildman–Crippen MR) is 114 cm³/mol. The molecule has 124 valence electrons. The van der Waals surface area contributed by atoms with Crippen LogP contribution in [0.4, 0.5) is 0 Å². The molecule has 0 atom stereocenters. The summed E-state index contributed by atoms with van der Waals surface area (Å²) in [5.41, 5.74) is 5.21. The van der Waals surface area contributed by atoms with Crippen molar-refractivity contribution in [1.29, 1.82) is 0 Å². The Morgan fingerprint density at radius 2 is 1.19 bits per heavy atom. The minimum Gasteiger partial charge on any atom is -0.0616 e. The topological polar surface area (TPSA) is 0 Å². The van der Waals surface area contributed by atoms with Crippen LogP contribution in [0.1, 0.15) is 11.1 Å². The van der Waals surface area contributed by atoms with E-state index in [0.717, 1.165) is 0 Å². The van der Waals surface area contributed by atoms with E-state index in [-0.39, 0.29) is 0 Å². The molecule has 5 aromatic carbocycles. The second kappa shape index (κ2) is 5.71. The predicted octanol–water partition coefficient (Wildman–Crippen LogP) is 7.43. The zero-order valence-electron chi connectivity index (χ0n) is 15.1. The van der Waals surface area contributed by atoms with Gasteiger partial charge < -0.3 is 0 Å². The van der Waals surface area contributed by atoms with Crippen molar-refractivity contribution in [3.8, 4) is 11.1 Å². The lowest BCUT2D eigenvalue weighted by Crippen LogP contribution is -1.85. The van der Waals surface area contributed by atoms with Gasteiger partial charge in [-0.2, -0.15) is 0 Å². The van der Waals surface area contributed by atoms with E-state index < -0.39 is 0 Å². The van der Waals surface area contributed by atoms with Gasteiger partial charge >= 0.3 is 0 Å². The van der Waals surface area contributed by atoms with Crippen molar-refractivity contribution in [1.82, 2.24) is 0 Å². The lowest BCUT2D eigenvalue weighted by Gasteiger charge is -2.11. The van der Waals surface area contributed by atoms with Gasteiger partial charge in [-0.1, -0.05) is 72.3 Å². The molecule has 0 radical (unpaired) electrons. The highest BCUT2D eigenvalue weighted by molar-refractivity contribution is 6.03. The zero-order valence-corrected chi connectivity index (χ0v) is 15.1. The van der Waals surface area contributed by atoms with E-state index in [2.05, 4.69) is 98.8 Å². The molecule has 0 saturated heterocycles. The van der Waals surface area contributed by atoms with Crippen molar-refractivity contribution in [2.24, 2.45) is 0 Å². The monoisotopic (exact) mass is 332 g/mol. The smallest absolute Gasteiger partial charge is 0.0103 e. The first-order chi connectivity index (χ1) is 12.7. The quantitative estimate of drug-likeness (QED) is 0.280. The molecule has 0 saturated carbocycles. The Morgan fingerprint density at radius 3 is 2.00 bits per heavy atom. The summed E-state index contributed by atoms with van der Waals surface area (Å²) < 4.78 is 0. The Bertz CT molecular complexity index is 1290. The lowest BCUT2D eigenvalue weighted by atomic mass is 9.93. The highest BCUT2D eigenvalue weighted by atomic mass is 14.1. The minimum absolute atomic E-state index is 1.28. The van der Waals surface area contributed by atoms with Crippen molar-refractivity contribution in [2.75, 3.05) is 0 Å². The molecule has 26 heavy (non-hydrogen) atoms. The standard InChI is InChI=1S/C26H20/c1-17-7-9-19-15-23-16-21(11-10-20(23)14-22(19)13-17)25-12-8-18(2)24-5-3-4-6-26(24)25/h3-16H,1-2H3. The Labute approximate surface area is 153 Å². The maximum Gasteiger partial charge on any atom is -0.0103 e. The molecule has 0 bridgehead atoms. The van der Waals surface area contributed by atoms with Gasteiger partial charge in [-0.25, -0.2) is 0 Å². The Hall–Kier alpha value is -3.12. The maximum absolute atomic E-state index is 2.33. The molecule has 0 aliphatic carbocycles. The molecule has 0 heterocycles. The summed E-state index contributed by atoms with van der Waals surface area (Å²) >= 11 is 0. The summed E-state index contributed by atoms with van der Waals surface area (Å²) in [6.07, 6.45) is 0. The number of aryl methyl sites for hydroxylation is 2. The molecular weight excluding hydrogens is 312 g/mol. The highest BCUT2D eigenvalue weighted by Crippen LogP contribution is 2.33. The third-order valence-electron chi connectivity index (χ3n) is 5.40. The second-order valence-corrected chi connectivity index (χ2v) is 7.24. The van der Waals surface area contributed by atoms with Crippen LogP contribution >= 0.6 is 0 Å². The normalized spacial score (nSPS) is 11.5. The Morgan fingerprint density at radius 1 is 0.500 bits per heavy atom. The molecule has 0 unspecified atom stereocenters. The van der Waals surface area contributed by atoms with Crippen LogP contribution in [-0.2, 0) is 0 Å². The van der Waals surface area contributed by atoms with Crippen LogP contribution in [0.15, 0.2) is 84.9 Å². The Kier molecular flexibility index (Phi) is 3.33. The van der Waals surface area contributed by atoms with E-state index in [9.17, 15) is 0 Å². The molecule has 0 nitrogen and oxygen atoms in total. The van der Waals surface area contributed by atoms with E-state index in [1.165, 1.54) is 54.6 Å². The van der Waals surface area contributed by atoms with E-state index in [4.69, 9.17) is 0 Å².